The molecule has 0 spiro atoms. The molecule has 38 heavy (non-hydrogen) atoms. The number of carbonyl (C=O) groups excluding carboxylic acids is 1. The highest BCUT2D eigenvalue weighted by molar-refractivity contribution is 5.98. The van der Waals surface area contributed by atoms with Gasteiger partial charge in [-0.05, 0) is 65.6 Å². The van der Waals surface area contributed by atoms with Crippen LogP contribution in [0.4, 0.5) is 17.6 Å². The fraction of sp³-hybridized carbons (Fsp3) is 0.214. The second-order valence-corrected chi connectivity index (χ2v) is 8.89. The Labute approximate surface area is 216 Å². The van der Waals surface area contributed by atoms with E-state index in [0.717, 1.165) is 29.0 Å². The summed E-state index contributed by atoms with van der Waals surface area (Å²) in [4.78, 5) is 28.1. The zero-order valence-electron chi connectivity index (χ0n) is 20.3. The minimum atomic E-state index is -4.67. The van der Waals surface area contributed by atoms with Gasteiger partial charge in [0.25, 0.3) is 5.91 Å². The third-order valence-corrected chi connectivity index (χ3v) is 6.33. The molecule has 2 aromatic carbocycles. The van der Waals surface area contributed by atoms with Crippen LogP contribution in [-0.2, 0) is 25.6 Å². The Balaban J connectivity index is 1.39. The number of carbonyl (C=O) groups is 1. The smallest absolute Gasteiger partial charge is 0.416 e. The van der Waals surface area contributed by atoms with Gasteiger partial charge in [0.15, 0.2) is 0 Å². The standard InChI is InChI=1S/C28H22F4N4O2/c1-38-21-4-2-17(3-5-21)16-36-11-8-22-23(27(36)37)6-9-34-26(22)24-7-10-33-25(35-24)14-18-12-19(28(30,31)32)15-20(29)13-18/h2-7,9-10,12-13,15H,8,11,14,16H2,1H3. The summed E-state index contributed by atoms with van der Waals surface area (Å²) in [6.07, 6.45) is -1.20. The molecule has 0 radical (unpaired) electrons. The van der Waals surface area contributed by atoms with Gasteiger partial charge in [0.1, 0.15) is 17.4 Å². The zero-order chi connectivity index (χ0) is 26.9. The topological polar surface area (TPSA) is 68.2 Å². The van der Waals surface area contributed by atoms with E-state index >= 15 is 0 Å². The number of benzene rings is 2. The van der Waals surface area contributed by atoms with Crippen molar-refractivity contribution in [2.75, 3.05) is 13.7 Å². The van der Waals surface area contributed by atoms with Gasteiger partial charge in [-0.25, -0.2) is 14.4 Å². The van der Waals surface area contributed by atoms with E-state index in [1.807, 2.05) is 24.3 Å². The maximum absolute atomic E-state index is 13.8. The van der Waals surface area contributed by atoms with Crippen LogP contribution in [0.3, 0.4) is 0 Å². The summed E-state index contributed by atoms with van der Waals surface area (Å²) in [5, 5.41) is 0. The molecule has 3 heterocycles. The Morgan fingerprint density at radius 3 is 2.47 bits per heavy atom. The molecule has 5 rings (SSSR count). The van der Waals surface area contributed by atoms with E-state index < -0.39 is 17.6 Å². The number of ether oxygens (including phenoxy) is 1. The van der Waals surface area contributed by atoms with Gasteiger partial charge >= 0.3 is 6.18 Å². The van der Waals surface area contributed by atoms with Crippen molar-refractivity contribution in [2.24, 2.45) is 0 Å². The van der Waals surface area contributed by atoms with Crippen molar-refractivity contribution in [1.29, 1.82) is 0 Å². The third kappa shape index (κ3) is 5.34. The highest BCUT2D eigenvalue weighted by atomic mass is 19.4. The lowest BCUT2D eigenvalue weighted by Gasteiger charge is -2.29. The van der Waals surface area contributed by atoms with Crippen LogP contribution in [0.25, 0.3) is 11.4 Å². The number of halogens is 4. The van der Waals surface area contributed by atoms with Crippen molar-refractivity contribution in [3.05, 3.63) is 106 Å². The van der Waals surface area contributed by atoms with Crippen LogP contribution >= 0.6 is 0 Å². The molecule has 10 heteroatoms. The van der Waals surface area contributed by atoms with Gasteiger partial charge in [-0.15, -0.1) is 0 Å². The first-order valence-electron chi connectivity index (χ1n) is 11.8. The van der Waals surface area contributed by atoms with E-state index in [1.165, 1.54) is 12.4 Å². The molecule has 0 fully saturated rings. The molecule has 0 aliphatic carbocycles. The van der Waals surface area contributed by atoms with Crippen LogP contribution in [0, 0.1) is 5.82 Å². The third-order valence-electron chi connectivity index (χ3n) is 6.33. The van der Waals surface area contributed by atoms with Crippen molar-refractivity contribution >= 4 is 5.91 Å². The van der Waals surface area contributed by atoms with Crippen LogP contribution in [0.15, 0.2) is 67.0 Å². The molecule has 4 aromatic rings. The number of rotatable bonds is 6. The van der Waals surface area contributed by atoms with Crippen molar-refractivity contribution in [1.82, 2.24) is 19.9 Å². The van der Waals surface area contributed by atoms with Gasteiger partial charge < -0.3 is 9.64 Å². The first kappa shape index (κ1) is 25.3. The minimum Gasteiger partial charge on any atom is -0.497 e. The molecule has 1 aliphatic heterocycles. The number of hydrogen-bond donors (Lipinski definition) is 0. The Morgan fingerprint density at radius 1 is 0.974 bits per heavy atom. The van der Waals surface area contributed by atoms with Crippen LogP contribution in [0.2, 0.25) is 0 Å². The van der Waals surface area contributed by atoms with Gasteiger partial charge in [-0.1, -0.05) is 12.1 Å². The van der Waals surface area contributed by atoms with Gasteiger partial charge in [-0.2, -0.15) is 13.2 Å². The van der Waals surface area contributed by atoms with Crippen molar-refractivity contribution in [3.63, 3.8) is 0 Å². The van der Waals surface area contributed by atoms with Crippen LogP contribution < -0.4 is 4.74 Å². The summed E-state index contributed by atoms with van der Waals surface area (Å²) in [6.45, 7) is 0.934. The molecule has 0 bridgehead atoms. The molecule has 0 atom stereocenters. The number of hydrogen-bond acceptors (Lipinski definition) is 5. The van der Waals surface area contributed by atoms with E-state index in [2.05, 4.69) is 15.0 Å². The summed E-state index contributed by atoms with van der Waals surface area (Å²) in [7, 11) is 1.59. The lowest BCUT2D eigenvalue weighted by atomic mass is 9.96. The molecule has 2 aromatic heterocycles. The molecule has 0 N–H and O–H groups in total. The van der Waals surface area contributed by atoms with Crippen LogP contribution in [0.5, 0.6) is 5.75 Å². The first-order chi connectivity index (χ1) is 18.2. The first-order valence-corrected chi connectivity index (χ1v) is 11.8. The molecular weight excluding hydrogens is 500 g/mol. The molecule has 0 unspecified atom stereocenters. The average molecular weight is 523 g/mol. The van der Waals surface area contributed by atoms with Gasteiger partial charge in [-0.3, -0.25) is 9.78 Å². The monoisotopic (exact) mass is 522 g/mol. The molecule has 1 aliphatic rings. The lowest BCUT2D eigenvalue weighted by Crippen LogP contribution is -2.37. The minimum absolute atomic E-state index is 0.0989. The SMILES string of the molecule is COc1ccc(CN2CCc3c(ccnc3-c3ccnc(Cc4cc(F)cc(C(F)(F)F)c4)n3)C2=O)cc1. The maximum Gasteiger partial charge on any atom is 0.416 e. The molecular formula is C28H22F4N4O2. The van der Waals surface area contributed by atoms with Crippen molar-refractivity contribution < 1.29 is 27.1 Å². The number of aromatic nitrogens is 3. The highest BCUT2D eigenvalue weighted by Crippen LogP contribution is 2.31. The normalized spacial score (nSPS) is 13.4. The molecule has 0 saturated heterocycles. The lowest BCUT2D eigenvalue weighted by molar-refractivity contribution is -0.137. The van der Waals surface area contributed by atoms with Gasteiger partial charge in [0.2, 0.25) is 0 Å². The number of alkyl halides is 3. The summed E-state index contributed by atoms with van der Waals surface area (Å²) >= 11 is 0. The van der Waals surface area contributed by atoms with Crippen molar-refractivity contribution in [3.8, 4) is 17.1 Å². The number of pyridine rings is 1. The van der Waals surface area contributed by atoms with E-state index in [-0.39, 0.29) is 23.7 Å². The number of amides is 1. The Bertz CT molecular complexity index is 1490. The molecule has 6 nitrogen and oxygen atoms in total. The maximum atomic E-state index is 13.8. The highest BCUT2D eigenvalue weighted by Gasteiger charge is 2.31. The van der Waals surface area contributed by atoms with Gasteiger partial charge in [0.05, 0.1) is 24.1 Å². The number of fused-ring (bicyclic) bond motifs is 1. The predicted octanol–water partition coefficient (Wildman–Crippen LogP) is 5.49. The van der Waals surface area contributed by atoms with E-state index in [9.17, 15) is 22.4 Å². The van der Waals surface area contributed by atoms with E-state index in [1.54, 1.807) is 24.1 Å². The van der Waals surface area contributed by atoms with Crippen molar-refractivity contribution in [2.45, 2.75) is 25.6 Å². The molecule has 1 amide bonds. The van der Waals surface area contributed by atoms with E-state index in [4.69, 9.17) is 4.74 Å². The summed E-state index contributed by atoms with van der Waals surface area (Å²) in [5.41, 5.74) is 2.23. The second-order valence-electron chi connectivity index (χ2n) is 8.89. The second kappa shape index (κ2) is 10.2. The fourth-order valence-corrected chi connectivity index (χ4v) is 4.50. The number of nitrogens with zero attached hydrogens (tertiary/aromatic N) is 4. The molecule has 194 valence electrons. The Morgan fingerprint density at radius 2 is 1.74 bits per heavy atom. The predicted molar refractivity (Wildman–Crippen MR) is 131 cm³/mol. The van der Waals surface area contributed by atoms with Gasteiger partial charge in [0, 0.05) is 37.5 Å². The summed E-state index contributed by atoms with van der Waals surface area (Å²) < 4.78 is 58.3. The fourth-order valence-electron chi connectivity index (χ4n) is 4.50. The number of methoxy groups -OCH3 is 1. The Hall–Kier alpha value is -4.34. The average Bonchev–Trinajstić information content (AvgIpc) is 2.90. The van der Waals surface area contributed by atoms with E-state index in [0.29, 0.717) is 42.5 Å². The summed E-state index contributed by atoms with van der Waals surface area (Å²) in [5.74, 6) is -0.159. The quantitative estimate of drug-likeness (QED) is 0.313. The molecule has 0 saturated carbocycles. The van der Waals surface area contributed by atoms with Crippen LogP contribution in [0.1, 0.15) is 38.4 Å². The largest absolute Gasteiger partial charge is 0.497 e. The summed E-state index contributed by atoms with van der Waals surface area (Å²) in [6, 6.07) is 13.2. The Kier molecular flexibility index (Phi) is 6.79. The zero-order valence-corrected chi connectivity index (χ0v) is 20.3. The van der Waals surface area contributed by atoms with Crippen LogP contribution in [-0.4, -0.2) is 39.4 Å².